The van der Waals surface area contributed by atoms with E-state index < -0.39 is 0 Å². The minimum Gasteiger partial charge on any atom is -0.489 e. The Bertz CT molecular complexity index is 599. The Morgan fingerprint density at radius 2 is 2.20 bits per heavy atom. The highest BCUT2D eigenvalue weighted by Crippen LogP contribution is 2.32. The number of H-pyrrole nitrogens is 1. The predicted molar refractivity (Wildman–Crippen MR) is 83.0 cm³/mol. The van der Waals surface area contributed by atoms with Crippen LogP contribution in [0.5, 0.6) is 5.75 Å². The van der Waals surface area contributed by atoms with E-state index in [-0.39, 0.29) is 6.10 Å². The number of aromatic nitrogens is 4. The zero-order chi connectivity index (χ0) is 14.5. The number of hydrogen-bond donors (Lipinski definition) is 2. The van der Waals surface area contributed by atoms with E-state index in [1.165, 1.54) is 0 Å². The van der Waals surface area contributed by atoms with Gasteiger partial charge in [-0.05, 0) is 47.1 Å². The average Bonchev–Trinajstić information content (AvgIpc) is 2.86. The third-order valence-corrected chi connectivity index (χ3v) is 3.15. The summed E-state index contributed by atoms with van der Waals surface area (Å²) in [6, 6.07) is 3.82. The maximum absolute atomic E-state index is 5.78. The summed E-state index contributed by atoms with van der Waals surface area (Å²) >= 11 is 6.92. The second kappa shape index (κ2) is 6.80. The lowest BCUT2D eigenvalue weighted by molar-refractivity contribution is 0.240. The zero-order valence-corrected chi connectivity index (χ0v) is 13.9. The number of nitrogens with zero attached hydrogens (tertiary/aromatic N) is 4. The molecule has 2 rings (SSSR count). The van der Waals surface area contributed by atoms with Crippen molar-refractivity contribution in [3.05, 3.63) is 26.6 Å². The average molecular weight is 404 g/mol. The first-order valence-corrected chi connectivity index (χ1v) is 7.33. The Morgan fingerprint density at radius 1 is 1.40 bits per heavy atom. The van der Waals surface area contributed by atoms with Gasteiger partial charge in [-0.1, -0.05) is 21.0 Å². The number of tetrazole rings is 1. The van der Waals surface area contributed by atoms with Crippen molar-refractivity contribution in [3.63, 3.8) is 0 Å². The molecule has 0 saturated heterocycles. The largest absolute Gasteiger partial charge is 0.489 e. The Labute approximate surface area is 132 Å². The molecule has 0 spiro atoms. The number of anilines is 1. The smallest absolute Gasteiger partial charge is 0.283 e. The highest BCUT2D eigenvalue weighted by atomic mass is 79.9. The van der Waals surface area contributed by atoms with Crippen LogP contribution in [-0.4, -0.2) is 32.9 Å². The first-order chi connectivity index (χ1) is 9.56. The summed E-state index contributed by atoms with van der Waals surface area (Å²) in [5, 5.41) is 17.3. The molecule has 0 aliphatic carbocycles. The summed E-state index contributed by atoms with van der Waals surface area (Å²) < 4.78 is 7.55. The van der Waals surface area contributed by atoms with E-state index in [0.29, 0.717) is 5.95 Å². The molecule has 106 valence electrons. The first kappa shape index (κ1) is 14.9. The summed E-state index contributed by atoms with van der Waals surface area (Å²) in [5.74, 6) is 1.02. The number of hydrogen-bond acceptors (Lipinski definition) is 6. The third kappa shape index (κ3) is 4.01. The van der Waals surface area contributed by atoms with Gasteiger partial charge < -0.3 is 4.74 Å². The highest BCUT2D eigenvalue weighted by molar-refractivity contribution is 9.11. The van der Waals surface area contributed by atoms with Crippen LogP contribution in [0.3, 0.4) is 0 Å². The lowest BCUT2D eigenvalue weighted by Crippen LogP contribution is -2.08. The number of hydrazone groups is 1. The van der Waals surface area contributed by atoms with E-state index in [2.05, 4.69) is 63.0 Å². The van der Waals surface area contributed by atoms with Crippen molar-refractivity contribution in [3.8, 4) is 5.75 Å². The van der Waals surface area contributed by atoms with Crippen LogP contribution < -0.4 is 10.2 Å². The maximum Gasteiger partial charge on any atom is 0.283 e. The van der Waals surface area contributed by atoms with Gasteiger partial charge in [0.1, 0.15) is 5.75 Å². The van der Waals surface area contributed by atoms with Gasteiger partial charge in [-0.3, -0.25) is 0 Å². The van der Waals surface area contributed by atoms with E-state index >= 15 is 0 Å². The third-order valence-electron chi connectivity index (χ3n) is 2.10. The lowest BCUT2D eigenvalue weighted by atomic mass is 10.2. The lowest BCUT2D eigenvalue weighted by Gasteiger charge is -2.14. The molecule has 1 heterocycles. The number of halogens is 2. The fourth-order valence-electron chi connectivity index (χ4n) is 1.40. The van der Waals surface area contributed by atoms with Crippen molar-refractivity contribution in [2.45, 2.75) is 20.0 Å². The molecule has 2 aromatic rings. The van der Waals surface area contributed by atoms with Gasteiger partial charge in [0.2, 0.25) is 0 Å². The fraction of sp³-hybridized carbons (Fsp3) is 0.273. The molecule has 0 fully saturated rings. The monoisotopic (exact) mass is 402 g/mol. The van der Waals surface area contributed by atoms with Gasteiger partial charge in [0.15, 0.2) is 0 Å². The molecule has 1 aromatic heterocycles. The molecule has 20 heavy (non-hydrogen) atoms. The normalized spacial score (nSPS) is 11.2. The van der Waals surface area contributed by atoms with Crippen LogP contribution in [-0.2, 0) is 0 Å². The summed E-state index contributed by atoms with van der Waals surface area (Å²) in [5.41, 5.74) is 3.48. The summed E-state index contributed by atoms with van der Waals surface area (Å²) in [6.07, 6.45) is 1.69. The van der Waals surface area contributed by atoms with Crippen molar-refractivity contribution in [1.82, 2.24) is 20.6 Å². The van der Waals surface area contributed by atoms with Gasteiger partial charge >= 0.3 is 0 Å². The minimum atomic E-state index is 0.0600. The van der Waals surface area contributed by atoms with Crippen LogP contribution in [0.25, 0.3) is 0 Å². The standard InChI is InChI=1S/C11H12Br2N6O/c1-6(2)20-10-7(3-8(12)4-9(10)13)5-14-15-11-16-18-19-17-11/h3-6H,1-2H3,(H2,15,16,17,18,19)/b14-5+. The van der Waals surface area contributed by atoms with Gasteiger partial charge in [-0.15, -0.1) is 5.10 Å². The molecule has 0 atom stereocenters. The predicted octanol–water partition coefficient (Wildman–Crippen LogP) is 2.96. The van der Waals surface area contributed by atoms with Crippen LogP contribution in [0.4, 0.5) is 5.95 Å². The van der Waals surface area contributed by atoms with Gasteiger partial charge in [0.25, 0.3) is 5.95 Å². The van der Waals surface area contributed by atoms with E-state index in [9.17, 15) is 0 Å². The highest BCUT2D eigenvalue weighted by Gasteiger charge is 2.10. The van der Waals surface area contributed by atoms with Crippen molar-refractivity contribution in [2.75, 3.05) is 5.43 Å². The van der Waals surface area contributed by atoms with Gasteiger partial charge in [0.05, 0.1) is 16.8 Å². The fourth-order valence-corrected chi connectivity index (χ4v) is 2.76. The van der Waals surface area contributed by atoms with Crippen molar-refractivity contribution < 1.29 is 4.74 Å². The van der Waals surface area contributed by atoms with E-state index in [0.717, 1.165) is 20.3 Å². The van der Waals surface area contributed by atoms with Crippen LogP contribution in [0.15, 0.2) is 26.2 Å². The Balaban J connectivity index is 2.22. The second-order valence-corrected chi connectivity index (χ2v) is 5.85. The molecule has 0 saturated carbocycles. The first-order valence-electron chi connectivity index (χ1n) is 5.74. The van der Waals surface area contributed by atoms with E-state index in [4.69, 9.17) is 4.74 Å². The summed E-state index contributed by atoms with van der Waals surface area (Å²) in [7, 11) is 0. The number of aromatic amines is 1. The Morgan fingerprint density at radius 3 is 2.85 bits per heavy atom. The quantitative estimate of drug-likeness (QED) is 0.591. The molecular formula is C11H12Br2N6O. The molecule has 0 aliphatic rings. The maximum atomic E-state index is 5.78. The molecule has 0 amide bonds. The van der Waals surface area contributed by atoms with Crippen molar-refractivity contribution >= 4 is 44.0 Å². The Hall–Kier alpha value is -1.48. The molecule has 9 heteroatoms. The number of ether oxygens (including phenoxy) is 1. The molecule has 1 aromatic carbocycles. The van der Waals surface area contributed by atoms with Gasteiger partial charge in [0, 0.05) is 10.0 Å². The zero-order valence-electron chi connectivity index (χ0n) is 10.8. The van der Waals surface area contributed by atoms with Crippen molar-refractivity contribution in [1.29, 1.82) is 0 Å². The molecule has 0 aliphatic heterocycles. The van der Waals surface area contributed by atoms with Crippen LogP contribution in [0.1, 0.15) is 19.4 Å². The summed E-state index contributed by atoms with van der Waals surface area (Å²) in [4.78, 5) is 0. The number of nitrogens with one attached hydrogen (secondary N) is 2. The second-order valence-electron chi connectivity index (χ2n) is 4.08. The van der Waals surface area contributed by atoms with Crippen molar-refractivity contribution in [2.24, 2.45) is 5.10 Å². The number of benzene rings is 1. The number of rotatable bonds is 5. The van der Waals surface area contributed by atoms with Crippen LogP contribution in [0, 0.1) is 0 Å². The SMILES string of the molecule is CC(C)Oc1c(Br)cc(Br)cc1/C=N/Nc1nn[nH]n1. The molecule has 7 nitrogen and oxygen atoms in total. The van der Waals surface area contributed by atoms with Gasteiger partial charge in [-0.2, -0.15) is 10.3 Å². The molecule has 0 radical (unpaired) electrons. The molecule has 0 unspecified atom stereocenters. The van der Waals surface area contributed by atoms with E-state index in [1.54, 1.807) is 6.21 Å². The molecular weight excluding hydrogens is 392 g/mol. The van der Waals surface area contributed by atoms with Crippen LogP contribution in [0.2, 0.25) is 0 Å². The minimum absolute atomic E-state index is 0.0600. The van der Waals surface area contributed by atoms with E-state index in [1.807, 2.05) is 26.0 Å². The molecule has 2 N–H and O–H groups in total. The van der Waals surface area contributed by atoms with Crippen LogP contribution >= 0.6 is 31.9 Å². The summed E-state index contributed by atoms with van der Waals surface area (Å²) in [6.45, 7) is 3.93. The van der Waals surface area contributed by atoms with Gasteiger partial charge in [-0.25, -0.2) is 5.43 Å². The molecule has 0 bridgehead atoms. The topological polar surface area (TPSA) is 88.1 Å². The Kier molecular flexibility index (Phi) is 5.07.